The van der Waals surface area contributed by atoms with Crippen LogP contribution in [0.15, 0.2) is 18.2 Å². The van der Waals surface area contributed by atoms with Crippen molar-refractivity contribution in [2.75, 3.05) is 5.32 Å². The molecule has 3 N–H and O–H groups in total. The van der Waals surface area contributed by atoms with E-state index in [0.29, 0.717) is 4.99 Å². The van der Waals surface area contributed by atoms with Gasteiger partial charge in [-0.15, -0.1) is 0 Å². The number of carbonyl (C=O) groups excluding carboxylic acids is 1. The number of benzene rings is 1. The van der Waals surface area contributed by atoms with Crippen molar-refractivity contribution >= 4 is 28.8 Å². The molecule has 1 saturated carbocycles. The molecule has 0 saturated heterocycles. The molecule has 1 amide bonds. The van der Waals surface area contributed by atoms with E-state index < -0.39 is 0 Å². The van der Waals surface area contributed by atoms with Crippen molar-refractivity contribution < 1.29 is 4.79 Å². The van der Waals surface area contributed by atoms with Crippen molar-refractivity contribution in [1.29, 1.82) is 0 Å². The van der Waals surface area contributed by atoms with Crippen LogP contribution in [0.1, 0.15) is 43.7 Å². The van der Waals surface area contributed by atoms with Crippen molar-refractivity contribution in [2.24, 2.45) is 17.6 Å². The lowest BCUT2D eigenvalue weighted by molar-refractivity contribution is -0.121. The highest BCUT2D eigenvalue weighted by atomic mass is 32.1. The Kier molecular flexibility index (Phi) is 4.76. The highest BCUT2D eigenvalue weighted by Gasteiger charge is 2.24. The van der Waals surface area contributed by atoms with Gasteiger partial charge in [0, 0.05) is 17.2 Å². The molecule has 1 aromatic carbocycles. The zero-order valence-electron chi connectivity index (χ0n) is 12.1. The summed E-state index contributed by atoms with van der Waals surface area (Å²) in [4.78, 5) is 12.7. The molecule has 108 valence electrons. The van der Waals surface area contributed by atoms with Crippen molar-refractivity contribution in [3.05, 3.63) is 29.3 Å². The molecule has 0 aliphatic heterocycles. The average molecular weight is 290 g/mol. The summed E-state index contributed by atoms with van der Waals surface area (Å²) in [5, 5.41) is 3.04. The Balaban J connectivity index is 2.07. The lowest BCUT2D eigenvalue weighted by Gasteiger charge is -2.25. The minimum atomic E-state index is 0.125. The molecule has 1 fully saturated rings. The Labute approximate surface area is 125 Å². The van der Waals surface area contributed by atoms with Crippen molar-refractivity contribution in [1.82, 2.24) is 0 Å². The first-order valence-electron chi connectivity index (χ1n) is 7.18. The number of carbonyl (C=O) groups is 1. The predicted molar refractivity (Wildman–Crippen MR) is 86.8 cm³/mol. The third-order valence-corrected chi connectivity index (χ3v) is 4.40. The van der Waals surface area contributed by atoms with E-state index >= 15 is 0 Å². The molecule has 0 unspecified atom stereocenters. The van der Waals surface area contributed by atoms with Crippen molar-refractivity contribution in [3.8, 4) is 0 Å². The van der Waals surface area contributed by atoms with Crippen molar-refractivity contribution in [3.63, 3.8) is 0 Å². The molecule has 0 atom stereocenters. The normalized spacial score (nSPS) is 22.3. The largest absolute Gasteiger partial charge is 0.389 e. The van der Waals surface area contributed by atoms with Crippen LogP contribution in [-0.4, -0.2) is 10.9 Å². The van der Waals surface area contributed by atoms with Gasteiger partial charge in [0.1, 0.15) is 4.99 Å². The summed E-state index contributed by atoms with van der Waals surface area (Å²) in [5.41, 5.74) is 8.28. The Morgan fingerprint density at radius 1 is 1.30 bits per heavy atom. The Hall–Kier alpha value is -1.42. The number of rotatable bonds is 3. The fourth-order valence-electron chi connectivity index (χ4n) is 2.67. The Morgan fingerprint density at radius 2 is 1.95 bits per heavy atom. The minimum absolute atomic E-state index is 0.125. The molecule has 2 rings (SSSR count). The number of nitrogens with one attached hydrogen (secondary N) is 1. The molecule has 0 bridgehead atoms. The summed E-state index contributed by atoms with van der Waals surface area (Å²) in [6.07, 6.45) is 4.26. The van der Waals surface area contributed by atoms with E-state index in [4.69, 9.17) is 18.0 Å². The van der Waals surface area contributed by atoms with E-state index in [2.05, 4.69) is 12.2 Å². The van der Waals surface area contributed by atoms with Gasteiger partial charge in [-0.25, -0.2) is 0 Å². The molecule has 1 aliphatic rings. The SMILES string of the molecule is Cc1ccc(C(N)=S)cc1NC(=O)C1CCC(C)CC1. The molecule has 3 nitrogen and oxygen atoms in total. The molecule has 4 heteroatoms. The first kappa shape index (κ1) is 15.0. The van der Waals surface area contributed by atoms with Crippen LogP contribution in [-0.2, 0) is 4.79 Å². The van der Waals surface area contributed by atoms with Crippen LogP contribution in [0, 0.1) is 18.8 Å². The number of hydrogen-bond donors (Lipinski definition) is 2. The van der Waals surface area contributed by atoms with Crippen LogP contribution < -0.4 is 11.1 Å². The summed E-state index contributed by atoms with van der Waals surface area (Å²) < 4.78 is 0. The van der Waals surface area contributed by atoms with Gasteiger partial charge in [0.25, 0.3) is 0 Å². The lowest BCUT2D eigenvalue weighted by atomic mass is 9.82. The van der Waals surface area contributed by atoms with Gasteiger partial charge in [-0.1, -0.05) is 31.3 Å². The molecule has 20 heavy (non-hydrogen) atoms. The number of thiocarbonyl (C=S) groups is 1. The maximum Gasteiger partial charge on any atom is 0.227 e. The maximum absolute atomic E-state index is 12.3. The van der Waals surface area contributed by atoms with Crippen LogP contribution in [0.25, 0.3) is 0 Å². The average Bonchev–Trinajstić information content (AvgIpc) is 2.41. The van der Waals surface area contributed by atoms with E-state index in [-0.39, 0.29) is 11.8 Å². The minimum Gasteiger partial charge on any atom is -0.389 e. The maximum atomic E-state index is 12.3. The van der Waals surface area contributed by atoms with E-state index in [1.165, 1.54) is 0 Å². The Bertz CT molecular complexity index is 519. The molecule has 1 aliphatic carbocycles. The van der Waals surface area contributed by atoms with E-state index in [9.17, 15) is 4.79 Å². The fourth-order valence-corrected chi connectivity index (χ4v) is 2.79. The second kappa shape index (κ2) is 6.35. The van der Waals surface area contributed by atoms with Crippen molar-refractivity contribution in [2.45, 2.75) is 39.5 Å². The summed E-state index contributed by atoms with van der Waals surface area (Å²) >= 11 is 4.98. The van der Waals surface area contributed by atoms with E-state index in [0.717, 1.165) is 48.4 Å². The molecule has 1 aromatic rings. The molecule has 0 radical (unpaired) electrons. The van der Waals surface area contributed by atoms with Crippen LogP contribution in [0.3, 0.4) is 0 Å². The number of hydrogen-bond acceptors (Lipinski definition) is 2. The van der Waals surface area contributed by atoms with Crippen LogP contribution in [0.2, 0.25) is 0 Å². The van der Waals surface area contributed by atoms with Gasteiger partial charge in [0.15, 0.2) is 0 Å². The van der Waals surface area contributed by atoms with Gasteiger partial charge in [-0.2, -0.15) is 0 Å². The first-order valence-corrected chi connectivity index (χ1v) is 7.59. The topological polar surface area (TPSA) is 55.1 Å². The number of nitrogens with two attached hydrogens (primary N) is 1. The molecular formula is C16H22N2OS. The van der Waals surface area contributed by atoms with Gasteiger partial charge in [-0.3, -0.25) is 4.79 Å². The molecule has 0 heterocycles. The lowest BCUT2D eigenvalue weighted by Crippen LogP contribution is -2.27. The number of anilines is 1. The van der Waals surface area contributed by atoms with E-state index in [1.54, 1.807) is 0 Å². The quantitative estimate of drug-likeness (QED) is 0.839. The fraction of sp³-hybridized carbons (Fsp3) is 0.500. The van der Waals surface area contributed by atoms with Gasteiger partial charge < -0.3 is 11.1 Å². The zero-order chi connectivity index (χ0) is 14.7. The molecule has 0 spiro atoms. The smallest absolute Gasteiger partial charge is 0.227 e. The van der Waals surface area contributed by atoms with Gasteiger partial charge >= 0.3 is 0 Å². The van der Waals surface area contributed by atoms with Gasteiger partial charge in [0.05, 0.1) is 0 Å². The van der Waals surface area contributed by atoms with Crippen LogP contribution in [0.4, 0.5) is 5.69 Å². The summed E-state index contributed by atoms with van der Waals surface area (Å²) in [6, 6.07) is 5.68. The standard InChI is InChI=1S/C16H22N2OS/c1-10-3-6-12(7-4-10)16(19)18-14-9-13(15(17)20)8-5-11(14)2/h5,8-10,12H,3-4,6-7H2,1-2H3,(H2,17,20)(H,18,19). The van der Waals surface area contributed by atoms with Gasteiger partial charge in [0.2, 0.25) is 5.91 Å². The zero-order valence-corrected chi connectivity index (χ0v) is 12.9. The third kappa shape index (κ3) is 3.57. The van der Waals surface area contributed by atoms with E-state index in [1.807, 2.05) is 25.1 Å². The van der Waals surface area contributed by atoms with Gasteiger partial charge in [-0.05, 0) is 50.2 Å². The highest BCUT2D eigenvalue weighted by Crippen LogP contribution is 2.29. The molecular weight excluding hydrogens is 268 g/mol. The Morgan fingerprint density at radius 3 is 2.55 bits per heavy atom. The first-order chi connectivity index (χ1) is 9.47. The summed E-state index contributed by atoms with van der Waals surface area (Å²) in [5.74, 6) is 1.01. The monoisotopic (exact) mass is 290 g/mol. The number of amides is 1. The number of aryl methyl sites for hydroxylation is 1. The summed E-state index contributed by atoms with van der Waals surface area (Å²) in [7, 11) is 0. The predicted octanol–water partition coefficient (Wildman–Crippen LogP) is 3.39. The summed E-state index contributed by atoms with van der Waals surface area (Å²) in [6.45, 7) is 4.23. The van der Waals surface area contributed by atoms with Crippen LogP contribution >= 0.6 is 12.2 Å². The van der Waals surface area contributed by atoms with Crippen LogP contribution in [0.5, 0.6) is 0 Å². The second-order valence-corrected chi connectivity index (χ2v) is 6.28. The highest BCUT2D eigenvalue weighted by molar-refractivity contribution is 7.80. The second-order valence-electron chi connectivity index (χ2n) is 5.84. The molecule has 0 aromatic heterocycles. The third-order valence-electron chi connectivity index (χ3n) is 4.17.